The number of pyridine rings is 2. The summed E-state index contributed by atoms with van der Waals surface area (Å²) >= 11 is 7.11. The third-order valence-corrected chi connectivity index (χ3v) is 4.33. The standard InChI is InChI=1S/C17H17BClN2.ClH/c19-18(20-12-6-2-7-13-20,21-14-8-3-9-15-21)16-17-10-4-1-5-11-17;/h1-15H,16H2;1H/q+1;/p-1. The topological polar surface area (TPSA) is 7.76 Å². The van der Waals surface area contributed by atoms with Crippen LogP contribution in [0.1, 0.15) is 5.56 Å². The van der Waals surface area contributed by atoms with Gasteiger partial charge in [0, 0.05) is 6.32 Å². The molecule has 0 unspecified atom stereocenters. The van der Waals surface area contributed by atoms with E-state index in [1.54, 1.807) is 0 Å². The highest BCUT2D eigenvalue weighted by Crippen LogP contribution is 2.10. The summed E-state index contributed by atoms with van der Waals surface area (Å²) < 4.78 is 4.18. The second-order valence-corrected chi connectivity index (χ2v) is 5.86. The molecule has 2 nitrogen and oxygen atoms in total. The molecule has 0 bridgehead atoms. The number of benzene rings is 1. The number of halogens is 2. The van der Waals surface area contributed by atoms with Crippen LogP contribution in [0.15, 0.2) is 91.5 Å². The summed E-state index contributed by atoms with van der Waals surface area (Å²) in [4.78, 5) is 0. The van der Waals surface area contributed by atoms with Gasteiger partial charge in [-0.2, -0.15) is 0 Å². The van der Waals surface area contributed by atoms with E-state index in [1.807, 2.05) is 79.4 Å². The summed E-state index contributed by atoms with van der Waals surface area (Å²) in [5, 5.41) is 0. The number of aromatic nitrogens is 2. The van der Waals surface area contributed by atoms with Crippen LogP contribution in [0.25, 0.3) is 0 Å². The van der Waals surface area contributed by atoms with Gasteiger partial charge in [-0.1, -0.05) is 48.0 Å². The first kappa shape index (κ1) is 16.5. The van der Waals surface area contributed by atoms with Gasteiger partial charge in [-0.05, 0) is 24.3 Å². The van der Waals surface area contributed by atoms with Gasteiger partial charge in [-0.15, -0.1) is 0 Å². The predicted octanol–water partition coefficient (Wildman–Crippen LogP) is -0.378. The molecule has 0 saturated heterocycles. The number of rotatable bonds is 4. The van der Waals surface area contributed by atoms with Crippen molar-refractivity contribution >= 4 is 17.3 Å². The Morgan fingerprint density at radius 2 is 1.09 bits per heavy atom. The minimum absolute atomic E-state index is 0. The molecular weight excluding hydrogens is 314 g/mol. The van der Waals surface area contributed by atoms with Crippen molar-refractivity contribution in [3.8, 4) is 0 Å². The van der Waals surface area contributed by atoms with E-state index in [1.165, 1.54) is 5.56 Å². The molecule has 0 aliphatic rings. The van der Waals surface area contributed by atoms with Crippen LogP contribution in [0.3, 0.4) is 0 Å². The lowest BCUT2D eigenvalue weighted by Crippen LogP contribution is -3.00. The Morgan fingerprint density at radius 1 is 0.682 bits per heavy atom. The van der Waals surface area contributed by atoms with Gasteiger partial charge in [0.2, 0.25) is 0 Å². The molecule has 3 rings (SSSR count). The molecule has 0 aliphatic heterocycles. The molecule has 2 heterocycles. The van der Waals surface area contributed by atoms with E-state index < -0.39 is 5.83 Å². The molecule has 0 amide bonds. The molecule has 0 atom stereocenters. The van der Waals surface area contributed by atoms with Crippen LogP contribution in [0.2, 0.25) is 0 Å². The fourth-order valence-electron chi connectivity index (χ4n) is 2.63. The average Bonchev–Trinajstić information content (AvgIpc) is 2.57. The average molecular weight is 331 g/mol. The highest BCUT2D eigenvalue weighted by Gasteiger charge is 2.47. The first-order chi connectivity index (χ1) is 10.3. The fraction of sp³-hybridized carbons (Fsp3) is 0.0588. The van der Waals surface area contributed by atoms with Gasteiger partial charge in [0.25, 0.3) is 0 Å². The summed E-state index contributed by atoms with van der Waals surface area (Å²) in [6.07, 6.45) is 8.85. The quantitative estimate of drug-likeness (QED) is 0.576. The highest BCUT2D eigenvalue weighted by atomic mass is 35.5. The van der Waals surface area contributed by atoms with E-state index in [4.69, 9.17) is 11.5 Å². The Kier molecular flexibility index (Phi) is 5.59. The van der Waals surface area contributed by atoms with Crippen LogP contribution in [-0.2, 0) is 6.32 Å². The van der Waals surface area contributed by atoms with Crippen molar-refractivity contribution < 1.29 is 21.4 Å². The van der Waals surface area contributed by atoms with Crippen LogP contribution >= 0.6 is 11.5 Å². The van der Waals surface area contributed by atoms with Crippen molar-refractivity contribution in [1.29, 1.82) is 0 Å². The van der Waals surface area contributed by atoms with E-state index in [0.29, 0.717) is 0 Å². The van der Waals surface area contributed by atoms with E-state index in [9.17, 15) is 0 Å². The lowest BCUT2D eigenvalue weighted by atomic mass is 9.66. The fourth-order valence-corrected chi connectivity index (χ4v) is 3.07. The molecule has 112 valence electrons. The Balaban J connectivity index is 0.00000176. The summed E-state index contributed by atoms with van der Waals surface area (Å²) in [5.74, 6) is -1.48. The van der Waals surface area contributed by atoms with E-state index in [2.05, 4.69) is 21.1 Å². The molecule has 0 N–H and O–H groups in total. The van der Waals surface area contributed by atoms with Crippen LogP contribution < -0.4 is 21.4 Å². The second-order valence-electron chi connectivity index (χ2n) is 5.17. The van der Waals surface area contributed by atoms with Crippen molar-refractivity contribution in [3.05, 3.63) is 97.1 Å². The van der Waals surface area contributed by atoms with Gasteiger partial charge in [0.05, 0.1) is 0 Å². The molecular formula is C17H17BCl2N2. The Hall–Kier alpha value is -1.84. The van der Waals surface area contributed by atoms with Gasteiger partial charge in [-0.3, -0.25) is 0 Å². The molecule has 0 spiro atoms. The lowest BCUT2D eigenvalue weighted by Gasteiger charge is -2.22. The molecule has 22 heavy (non-hydrogen) atoms. The van der Waals surface area contributed by atoms with Crippen LogP contribution in [0.5, 0.6) is 0 Å². The summed E-state index contributed by atoms with van der Waals surface area (Å²) in [5.41, 5.74) is 1.22. The van der Waals surface area contributed by atoms with Gasteiger partial charge in [0.1, 0.15) is 24.8 Å². The lowest BCUT2D eigenvalue weighted by molar-refractivity contribution is -0.682. The minimum Gasteiger partial charge on any atom is -1.00 e. The van der Waals surface area contributed by atoms with E-state index in [-0.39, 0.29) is 12.4 Å². The molecule has 0 saturated carbocycles. The Labute approximate surface area is 142 Å². The molecule has 2 aromatic heterocycles. The van der Waals surface area contributed by atoms with Crippen LogP contribution in [0.4, 0.5) is 0 Å². The normalized spacial score (nSPS) is 10.8. The molecule has 0 aliphatic carbocycles. The third-order valence-electron chi connectivity index (χ3n) is 3.73. The minimum atomic E-state index is -1.48. The van der Waals surface area contributed by atoms with Crippen LogP contribution in [0, 0.1) is 0 Å². The summed E-state index contributed by atoms with van der Waals surface area (Å²) in [6.45, 7) is 0. The summed E-state index contributed by atoms with van der Waals surface area (Å²) in [7, 11) is 0. The van der Waals surface area contributed by atoms with Crippen molar-refractivity contribution in [2.75, 3.05) is 0 Å². The van der Waals surface area contributed by atoms with Gasteiger partial charge < -0.3 is 21.4 Å². The SMILES string of the molecule is Cl[B-](Cc1ccccc1)([n+]1ccccc1)[n+]1ccccc1.[Cl-]. The van der Waals surface area contributed by atoms with Crippen molar-refractivity contribution in [1.82, 2.24) is 0 Å². The zero-order valence-corrected chi connectivity index (χ0v) is 13.6. The molecule has 0 radical (unpaired) electrons. The summed E-state index contributed by atoms with van der Waals surface area (Å²) in [6, 6.07) is 22.4. The zero-order chi connectivity index (χ0) is 14.5. The van der Waals surface area contributed by atoms with Gasteiger partial charge in [0.15, 0.2) is 0 Å². The second kappa shape index (κ2) is 7.43. The predicted molar refractivity (Wildman–Crippen MR) is 85.8 cm³/mol. The van der Waals surface area contributed by atoms with Crippen LogP contribution in [-0.4, -0.2) is 5.83 Å². The van der Waals surface area contributed by atoms with Gasteiger partial charge in [-0.25, -0.2) is 11.5 Å². The Morgan fingerprint density at radius 3 is 1.55 bits per heavy atom. The zero-order valence-electron chi connectivity index (χ0n) is 12.1. The maximum atomic E-state index is 7.11. The Bertz CT molecular complexity index is 654. The smallest absolute Gasteiger partial charge is 0.637 e. The maximum absolute atomic E-state index is 7.11. The molecule has 5 heteroatoms. The third kappa shape index (κ3) is 3.49. The van der Waals surface area contributed by atoms with Crippen molar-refractivity contribution in [2.24, 2.45) is 0 Å². The van der Waals surface area contributed by atoms with E-state index in [0.717, 1.165) is 6.32 Å². The largest absolute Gasteiger partial charge is 1.00 e. The molecule has 1 aromatic carbocycles. The number of hydrogen-bond donors (Lipinski definition) is 0. The number of nitrogens with zero attached hydrogens (tertiary/aromatic N) is 2. The monoisotopic (exact) mass is 330 g/mol. The van der Waals surface area contributed by atoms with E-state index >= 15 is 0 Å². The van der Waals surface area contributed by atoms with Gasteiger partial charge >= 0.3 is 5.83 Å². The van der Waals surface area contributed by atoms with Crippen molar-refractivity contribution in [3.63, 3.8) is 0 Å². The molecule has 3 aromatic rings. The number of hydrogen-bond acceptors (Lipinski definition) is 0. The molecule has 0 fully saturated rings. The first-order valence-electron chi connectivity index (χ1n) is 7.11. The highest BCUT2D eigenvalue weighted by molar-refractivity contribution is 7.09. The first-order valence-corrected chi connectivity index (χ1v) is 7.54. The van der Waals surface area contributed by atoms with Crippen molar-refractivity contribution in [2.45, 2.75) is 6.32 Å². The maximum Gasteiger partial charge on any atom is 0.637 e.